The van der Waals surface area contributed by atoms with Crippen LogP contribution in [0, 0.1) is 0 Å². The number of sulfone groups is 1. The zero-order chi connectivity index (χ0) is 11.8. The molecule has 0 atom stereocenters. The molecular weight excluding hydrogens is 250 g/mol. The van der Waals surface area contributed by atoms with Crippen molar-refractivity contribution in [2.75, 3.05) is 6.26 Å². The van der Waals surface area contributed by atoms with Crippen molar-refractivity contribution in [3.63, 3.8) is 0 Å². The standard InChI is InChI=1S/C9H8ClN3O2S/c1-16(14,15)9-11-8(12-13-9)6-4-2-3-5-7(6)10/h2-5H,1H3,(H,11,12,13). The van der Waals surface area contributed by atoms with E-state index in [0.717, 1.165) is 6.26 Å². The van der Waals surface area contributed by atoms with Gasteiger partial charge in [0.2, 0.25) is 15.0 Å². The van der Waals surface area contributed by atoms with Gasteiger partial charge >= 0.3 is 0 Å². The number of rotatable bonds is 2. The summed E-state index contributed by atoms with van der Waals surface area (Å²) in [5, 5.41) is 6.49. The lowest BCUT2D eigenvalue weighted by atomic mass is 10.2. The highest BCUT2D eigenvalue weighted by molar-refractivity contribution is 7.90. The van der Waals surface area contributed by atoms with E-state index in [4.69, 9.17) is 11.6 Å². The van der Waals surface area contributed by atoms with E-state index in [1.54, 1.807) is 24.3 Å². The SMILES string of the molecule is CS(=O)(=O)c1nc(-c2ccccc2Cl)n[nH]1. The molecule has 0 unspecified atom stereocenters. The Balaban J connectivity index is 2.52. The molecule has 2 aromatic rings. The molecule has 0 fully saturated rings. The van der Waals surface area contributed by atoms with Gasteiger partial charge in [0.15, 0.2) is 5.82 Å². The average molecular weight is 258 g/mol. The zero-order valence-corrected chi connectivity index (χ0v) is 9.88. The number of aromatic amines is 1. The summed E-state index contributed by atoms with van der Waals surface area (Å²) in [5.41, 5.74) is 0.593. The van der Waals surface area contributed by atoms with Crippen LogP contribution in [0.1, 0.15) is 0 Å². The first-order chi connectivity index (χ1) is 7.48. The van der Waals surface area contributed by atoms with Crippen molar-refractivity contribution in [3.8, 4) is 11.4 Å². The molecule has 2 rings (SSSR count). The van der Waals surface area contributed by atoms with Crippen LogP contribution in [0.4, 0.5) is 0 Å². The smallest absolute Gasteiger partial charge is 0.243 e. The minimum atomic E-state index is -3.38. The van der Waals surface area contributed by atoms with Gasteiger partial charge in [-0.2, -0.15) is 10.1 Å². The van der Waals surface area contributed by atoms with E-state index in [1.165, 1.54) is 0 Å². The molecule has 1 heterocycles. The van der Waals surface area contributed by atoms with Crippen LogP contribution in [-0.2, 0) is 9.84 Å². The maximum absolute atomic E-state index is 11.2. The van der Waals surface area contributed by atoms with E-state index in [9.17, 15) is 8.42 Å². The highest BCUT2D eigenvalue weighted by atomic mass is 35.5. The minimum Gasteiger partial charge on any atom is -0.249 e. The molecule has 0 aliphatic heterocycles. The van der Waals surface area contributed by atoms with Gasteiger partial charge in [-0.1, -0.05) is 23.7 Å². The summed E-state index contributed by atoms with van der Waals surface area (Å²) in [6, 6.07) is 6.96. The molecule has 16 heavy (non-hydrogen) atoms. The summed E-state index contributed by atoms with van der Waals surface area (Å²) in [5.74, 6) is 0.269. The van der Waals surface area contributed by atoms with Gasteiger partial charge in [-0.3, -0.25) is 0 Å². The predicted octanol–water partition coefficient (Wildman–Crippen LogP) is 1.53. The molecule has 1 N–H and O–H groups in total. The van der Waals surface area contributed by atoms with Gasteiger partial charge in [0.25, 0.3) is 0 Å². The number of hydrogen-bond donors (Lipinski definition) is 1. The summed E-state index contributed by atoms with van der Waals surface area (Å²) in [7, 11) is -3.38. The maximum atomic E-state index is 11.2. The van der Waals surface area contributed by atoms with Crippen molar-refractivity contribution in [1.29, 1.82) is 0 Å². The highest BCUT2D eigenvalue weighted by Gasteiger charge is 2.15. The first kappa shape index (κ1) is 11.1. The summed E-state index contributed by atoms with van der Waals surface area (Å²) in [6.07, 6.45) is 1.06. The summed E-state index contributed by atoms with van der Waals surface area (Å²) in [6.45, 7) is 0. The maximum Gasteiger partial charge on any atom is 0.243 e. The number of nitrogens with one attached hydrogen (secondary N) is 1. The fourth-order valence-electron chi connectivity index (χ4n) is 1.18. The quantitative estimate of drug-likeness (QED) is 0.885. The Labute approximate surface area is 97.4 Å². The van der Waals surface area contributed by atoms with Crippen LogP contribution in [0.2, 0.25) is 5.02 Å². The van der Waals surface area contributed by atoms with Crippen molar-refractivity contribution < 1.29 is 8.42 Å². The molecule has 1 aromatic heterocycles. The fraction of sp³-hybridized carbons (Fsp3) is 0.111. The number of hydrogen-bond acceptors (Lipinski definition) is 4. The van der Waals surface area contributed by atoms with Crippen LogP contribution >= 0.6 is 11.6 Å². The van der Waals surface area contributed by atoms with E-state index < -0.39 is 9.84 Å². The van der Waals surface area contributed by atoms with Gasteiger partial charge < -0.3 is 0 Å². The number of H-pyrrole nitrogens is 1. The van der Waals surface area contributed by atoms with E-state index in [1.807, 2.05) is 0 Å². The average Bonchev–Trinajstić information content (AvgIpc) is 2.66. The Morgan fingerprint density at radius 3 is 2.56 bits per heavy atom. The Morgan fingerprint density at radius 2 is 2.00 bits per heavy atom. The molecule has 0 bridgehead atoms. The van der Waals surface area contributed by atoms with E-state index in [2.05, 4.69) is 15.2 Å². The van der Waals surface area contributed by atoms with Crippen molar-refractivity contribution in [3.05, 3.63) is 29.3 Å². The lowest BCUT2D eigenvalue weighted by Crippen LogP contribution is -1.99. The van der Waals surface area contributed by atoms with Gasteiger partial charge in [-0.05, 0) is 12.1 Å². The first-order valence-corrected chi connectivity index (χ1v) is 6.63. The first-order valence-electron chi connectivity index (χ1n) is 4.36. The molecule has 0 spiro atoms. The highest BCUT2D eigenvalue weighted by Crippen LogP contribution is 2.24. The Hall–Kier alpha value is -1.40. The van der Waals surface area contributed by atoms with Crippen molar-refractivity contribution >= 4 is 21.4 Å². The Morgan fingerprint density at radius 1 is 1.31 bits per heavy atom. The van der Waals surface area contributed by atoms with Gasteiger partial charge in [-0.15, -0.1) is 0 Å². The van der Waals surface area contributed by atoms with Crippen LogP contribution in [0.25, 0.3) is 11.4 Å². The van der Waals surface area contributed by atoms with Crippen LogP contribution < -0.4 is 0 Å². The summed E-state index contributed by atoms with van der Waals surface area (Å²) >= 11 is 5.94. The molecule has 0 saturated heterocycles. The number of benzene rings is 1. The van der Waals surface area contributed by atoms with Crippen molar-refractivity contribution in [2.45, 2.75) is 5.16 Å². The minimum absolute atomic E-state index is 0.164. The number of nitrogens with zero attached hydrogens (tertiary/aromatic N) is 2. The van der Waals surface area contributed by atoms with Gasteiger partial charge in [0, 0.05) is 11.8 Å². The molecule has 5 nitrogen and oxygen atoms in total. The lowest BCUT2D eigenvalue weighted by molar-refractivity contribution is 0.594. The molecular formula is C9H8ClN3O2S. The summed E-state index contributed by atoms with van der Waals surface area (Å²) < 4.78 is 22.4. The third-order valence-corrected chi connectivity index (χ3v) is 3.15. The lowest BCUT2D eigenvalue weighted by Gasteiger charge is -1.96. The molecule has 0 amide bonds. The third-order valence-electron chi connectivity index (χ3n) is 1.93. The van der Waals surface area contributed by atoms with E-state index >= 15 is 0 Å². The number of halogens is 1. The molecule has 84 valence electrons. The van der Waals surface area contributed by atoms with Gasteiger partial charge in [0.1, 0.15) is 0 Å². The van der Waals surface area contributed by atoms with Crippen molar-refractivity contribution in [2.24, 2.45) is 0 Å². The monoisotopic (exact) mass is 257 g/mol. The Kier molecular flexibility index (Phi) is 2.69. The second kappa shape index (κ2) is 3.88. The third kappa shape index (κ3) is 2.07. The Bertz CT molecular complexity index is 621. The molecule has 0 aliphatic rings. The summed E-state index contributed by atoms with van der Waals surface area (Å²) in [4.78, 5) is 3.87. The van der Waals surface area contributed by atoms with Crippen molar-refractivity contribution in [1.82, 2.24) is 15.2 Å². The fourth-order valence-corrected chi connectivity index (χ4v) is 1.86. The molecule has 0 saturated carbocycles. The van der Waals surface area contributed by atoms with E-state index in [0.29, 0.717) is 10.6 Å². The number of aromatic nitrogens is 3. The van der Waals surface area contributed by atoms with Crippen LogP contribution in [0.15, 0.2) is 29.4 Å². The molecule has 7 heteroatoms. The van der Waals surface area contributed by atoms with Crippen LogP contribution in [-0.4, -0.2) is 29.9 Å². The molecule has 0 aliphatic carbocycles. The van der Waals surface area contributed by atoms with Gasteiger partial charge in [0.05, 0.1) is 5.02 Å². The van der Waals surface area contributed by atoms with Crippen LogP contribution in [0.3, 0.4) is 0 Å². The largest absolute Gasteiger partial charge is 0.249 e. The second-order valence-electron chi connectivity index (χ2n) is 3.22. The normalized spacial score (nSPS) is 11.6. The second-order valence-corrected chi connectivity index (χ2v) is 5.55. The molecule has 1 aromatic carbocycles. The van der Waals surface area contributed by atoms with E-state index in [-0.39, 0.29) is 11.0 Å². The van der Waals surface area contributed by atoms with Crippen LogP contribution in [0.5, 0.6) is 0 Å². The zero-order valence-electron chi connectivity index (χ0n) is 8.31. The topological polar surface area (TPSA) is 75.7 Å². The predicted molar refractivity (Wildman–Crippen MR) is 59.9 cm³/mol. The molecule has 0 radical (unpaired) electrons. The van der Waals surface area contributed by atoms with Gasteiger partial charge in [-0.25, -0.2) is 13.5 Å².